The molecule has 14 heavy (non-hydrogen) atoms. The van der Waals surface area contributed by atoms with Crippen molar-refractivity contribution >= 4 is 5.97 Å². The number of fused-ring (bicyclic) bond motifs is 1. The minimum absolute atomic E-state index is 0.0430. The molecule has 1 aliphatic rings. The fraction of sp³-hybridized carbons (Fsp3) is 0.364. The Bertz CT molecular complexity index is 349. The average Bonchev–Trinajstić information content (AvgIpc) is 2.62. The van der Waals surface area contributed by atoms with Crippen LogP contribution in [-0.4, -0.2) is 12.5 Å². The van der Waals surface area contributed by atoms with Crippen molar-refractivity contribution in [1.29, 1.82) is 0 Å². The van der Waals surface area contributed by atoms with Crippen LogP contribution < -0.4 is 5.73 Å². The van der Waals surface area contributed by atoms with Crippen molar-refractivity contribution in [2.75, 3.05) is 6.54 Å². The van der Waals surface area contributed by atoms with Gasteiger partial charge in [-0.05, 0) is 24.0 Å². The maximum Gasteiger partial charge on any atom is 0.320 e. The summed E-state index contributed by atoms with van der Waals surface area (Å²) in [7, 11) is 0. The Labute approximate surface area is 82.9 Å². The predicted octanol–water partition coefficient (Wildman–Crippen LogP) is 1.18. The lowest BCUT2D eigenvalue weighted by Crippen LogP contribution is -2.18. The second-order valence-electron chi connectivity index (χ2n) is 3.42. The van der Waals surface area contributed by atoms with Crippen LogP contribution in [0, 0.1) is 0 Å². The zero-order valence-electron chi connectivity index (χ0n) is 7.90. The molecule has 1 aromatic rings. The van der Waals surface area contributed by atoms with Crippen LogP contribution in [0.25, 0.3) is 0 Å². The van der Waals surface area contributed by atoms with Gasteiger partial charge in [0.1, 0.15) is 6.10 Å². The number of aryl methyl sites for hydroxylation is 1. The molecule has 1 atom stereocenters. The summed E-state index contributed by atoms with van der Waals surface area (Å²) in [6.45, 7) is -0.0430. The fourth-order valence-electron chi connectivity index (χ4n) is 1.85. The van der Waals surface area contributed by atoms with Crippen LogP contribution in [0.1, 0.15) is 23.7 Å². The largest absolute Gasteiger partial charge is 0.457 e. The SMILES string of the molecule is NCC(=O)OC1CCc2ccccc21. The number of hydrogen-bond acceptors (Lipinski definition) is 3. The van der Waals surface area contributed by atoms with Crippen molar-refractivity contribution in [3.8, 4) is 0 Å². The fourth-order valence-corrected chi connectivity index (χ4v) is 1.85. The summed E-state index contributed by atoms with van der Waals surface area (Å²) in [6.07, 6.45) is 1.78. The minimum atomic E-state index is -0.327. The Balaban J connectivity index is 2.14. The molecular formula is C11H13NO2. The van der Waals surface area contributed by atoms with Gasteiger partial charge in [0.05, 0.1) is 6.54 Å². The lowest BCUT2D eigenvalue weighted by molar-refractivity contribution is -0.147. The summed E-state index contributed by atoms with van der Waals surface area (Å²) in [5.74, 6) is -0.327. The van der Waals surface area contributed by atoms with Gasteiger partial charge in [-0.2, -0.15) is 0 Å². The quantitative estimate of drug-likeness (QED) is 0.714. The van der Waals surface area contributed by atoms with Gasteiger partial charge in [0.2, 0.25) is 0 Å². The highest BCUT2D eigenvalue weighted by atomic mass is 16.5. The second-order valence-corrected chi connectivity index (χ2v) is 3.42. The number of esters is 1. The van der Waals surface area contributed by atoms with E-state index in [0.717, 1.165) is 18.4 Å². The number of benzene rings is 1. The maximum atomic E-state index is 11.0. The molecule has 0 spiro atoms. The van der Waals surface area contributed by atoms with E-state index in [1.54, 1.807) is 0 Å². The van der Waals surface area contributed by atoms with Gasteiger partial charge in [-0.25, -0.2) is 0 Å². The highest BCUT2D eigenvalue weighted by Gasteiger charge is 2.24. The van der Waals surface area contributed by atoms with Crippen LogP contribution in [0.4, 0.5) is 0 Å². The van der Waals surface area contributed by atoms with E-state index in [0.29, 0.717) is 0 Å². The molecule has 1 aromatic carbocycles. The summed E-state index contributed by atoms with van der Waals surface area (Å²) < 4.78 is 5.22. The third kappa shape index (κ3) is 1.63. The molecule has 0 heterocycles. The summed E-state index contributed by atoms with van der Waals surface area (Å²) in [5.41, 5.74) is 7.61. The van der Waals surface area contributed by atoms with Gasteiger partial charge >= 0.3 is 5.97 Å². The summed E-state index contributed by atoms with van der Waals surface area (Å²) in [5, 5.41) is 0. The van der Waals surface area contributed by atoms with Gasteiger partial charge in [-0.15, -0.1) is 0 Å². The third-order valence-electron chi connectivity index (χ3n) is 2.52. The first-order valence-corrected chi connectivity index (χ1v) is 4.78. The number of carbonyl (C=O) groups excluding carboxylic acids is 1. The molecule has 0 saturated carbocycles. The van der Waals surface area contributed by atoms with Gasteiger partial charge in [0.25, 0.3) is 0 Å². The molecule has 0 aromatic heterocycles. The molecule has 0 aliphatic heterocycles. The average molecular weight is 191 g/mol. The van der Waals surface area contributed by atoms with Crippen LogP contribution in [-0.2, 0) is 16.0 Å². The Morgan fingerprint density at radius 2 is 2.29 bits per heavy atom. The lowest BCUT2D eigenvalue weighted by Gasteiger charge is -2.12. The Morgan fingerprint density at radius 3 is 3.07 bits per heavy atom. The number of nitrogens with two attached hydrogens (primary N) is 1. The monoisotopic (exact) mass is 191 g/mol. The number of rotatable bonds is 2. The number of carbonyl (C=O) groups is 1. The maximum absolute atomic E-state index is 11.0. The number of ether oxygens (including phenoxy) is 1. The third-order valence-corrected chi connectivity index (χ3v) is 2.52. The van der Waals surface area contributed by atoms with Gasteiger partial charge in [0.15, 0.2) is 0 Å². The molecule has 1 aliphatic carbocycles. The van der Waals surface area contributed by atoms with Crippen LogP contribution in [0.2, 0.25) is 0 Å². The summed E-state index contributed by atoms with van der Waals surface area (Å²) >= 11 is 0. The topological polar surface area (TPSA) is 52.3 Å². The van der Waals surface area contributed by atoms with Crippen molar-refractivity contribution in [2.24, 2.45) is 5.73 Å². The molecular weight excluding hydrogens is 178 g/mol. The van der Waals surface area contributed by atoms with Crippen LogP contribution in [0.3, 0.4) is 0 Å². The van der Waals surface area contributed by atoms with E-state index in [1.807, 2.05) is 18.2 Å². The van der Waals surface area contributed by atoms with Crippen LogP contribution >= 0.6 is 0 Å². The molecule has 0 radical (unpaired) electrons. The molecule has 2 rings (SSSR count). The van der Waals surface area contributed by atoms with Crippen molar-refractivity contribution in [3.63, 3.8) is 0 Å². The van der Waals surface area contributed by atoms with E-state index in [2.05, 4.69) is 6.07 Å². The normalized spacial score (nSPS) is 19.1. The number of hydrogen-bond donors (Lipinski definition) is 1. The predicted molar refractivity (Wildman–Crippen MR) is 52.7 cm³/mol. The first-order valence-electron chi connectivity index (χ1n) is 4.78. The van der Waals surface area contributed by atoms with E-state index >= 15 is 0 Å². The smallest absolute Gasteiger partial charge is 0.320 e. The first kappa shape index (κ1) is 9.21. The molecule has 3 heteroatoms. The molecule has 0 fully saturated rings. The van der Waals surface area contributed by atoms with E-state index in [1.165, 1.54) is 5.56 Å². The zero-order valence-corrected chi connectivity index (χ0v) is 7.90. The molecule has 0 bridgehead atoms. The molecule has 3 nitrogen and oxygen atoms in total. The molecule has 0 amide bonds. The van der Waals surface area contributed by atoms with Crippen molar-refractivity contribution in [3.05, 3.63) is 35.4 Å². The van der Waals surface area contributed by atoms with E-state index in [-0.39, 0.29) is 18.6 Å². The highest BCUT2D eigenvalue weighted by molar-refractivity contribution is 5.71. The van der Waals surface area contributed by atoms with E-state index in [9.17, 15) is 4.79 Å². The van der Waals surface area contributed by atoms with Gasteiger partial charge in [0, 0.05) is 0 Å². The zero-order chi connectivity index (χ0) is 9.97. The van der Waals surface area contributed by atoms with E-state index in [4.69, 9.17) is 10.5 Å². The molecule has 2 N–H and O–H groups in total. The summed E-state index contributed by atoms with van der Waals surface area (Å²) in [4.78, 5) is 11.0. The van der Waals surface area contributed by atoms with Crippen LogP contribution in [0.5, 0.6) is 0 Å². The standard InChI is InChI=1S/C11H13NO2/c12-7-11(13)14-10-6-5-8-3-1-2-4-9(8)10/h1-4,10H,5-7,12H2. The van der Waals surface area contributed by atoms with Crippen molar-refractivity contribution in [2.45, 2.75) is 18.9 Å². The lowest BCUT2D eigenvalue weighted by atomic mass is 10.1. The summed E-state index contributed by atoms with van der Waals surface area (Å²) in [6, 6.07) is 8.06. The van der Waals surface area contributed by atoms with Crippen molar-refractivity contribution < 1.29 is 9.53 Å². The molecule has 0 saturated heterocycles. The first-order chi connectivity index (χ1) is 6.81. The van der Waals surface area contributed by atoms with Gasteiger partial charge < -0.3 is 10.5 Å². The van der Waals surface area contributed by atoms with E-state index < -0.39 is 0 Å². The van der Waals surface area contributed by atoms with Crippen LogP contribution in [0.15, 0.2) is 24.3 Å². The Hall–Kier alpha value is -1.35. The van der Waals surface area contributed by atoms with Gasteiger partial charge in [-0.1, -0.05) is 24.3 Å². The Morgan fingerprint density at radius 1 is 1.50 bits per heavy atom. The molecule has 74 valence electrons. The second kappa shape index (κ2) is 3.80. The molecule has 1 unspecified atom stereocenters. The Kier molecular flexibility index (Phi) is 2.50. The van der Waals surface area contributed by atoms with Gasteiger partial charge in [-0.3, -0.25) is 4.79 Å². The van der Waals surface area contributed by atoms with Crippen molar-refractivity contribution in [1.82, 2.24) is 0 Å². The minimum Gasteiger partial charge on any atom is -0.457 e. The highest BCUT2D eigenvalue weighted by Crippen LogP contribution is 2.33.